The molecule has 1 aromatic carbocycles. The highest BCUT2D eigenvalue weighted by molar-refractivity contribution is 9.10. The summed E-state index contributed by atoms with van der Waals surface area (Å²) in [5.74, 6) is -0.716. The number of benzene rings is 1. The number of hydrogen-bond acceptors (Lipinski definition) is 3. The summed E-state index contributed by atoms with van der Waals surface area (Å²) in [5.41, 5.74) is -1.14. The molecule has 0 radical (unpaired) electrons. The Hall–Kier alpha value is -1.45. The minimum atomic E-state index is -4.53. The van der Waals surface area contributed by atoms with Crippen LogP contribution in [0, 0.1) is 0 Å². The van der Waals surface area contributed by atoms with Crippen LogP contribution in [0.15, 0.2) is 33.9 Å². The molecule has 1 saturated heterocycles. The van der Waals surface area contributed by atoms with E-state index in [-0.39, 0.29) is 21.6 Å². The molecule has 1 atom stereocenters. The summed E-state index contributed by atoms with van der Waals surface area (Å²) in [4.78, 5) is 18.4. The van der Waals surface area contributed by atoms with Crippen molar-refractivity contribution in [3.63, 3.8) is 0 Å². The van der Waals surface area contributed by atoms with E-state index in [9.17, 15) is 18.0 Å². The molecule has 0 spiro atoms. The van der Waals surface area contributed by atoms with E-state index in [1.54, 1.807) is 0 Å². The summed E-state index contributed by atoms with van der Waals surface area (Å²) in [6.45, 7) is 7.45. The third-order valence-corrected chi connectivity index (χ3v) is 6.74. The van der Waals surface area contributed by atoms with E-state index in [1.807, 2.05) is 10.8 Å². The number of nitrogens with zero attached hydrogens (tertiary/aromatic N) is 2. The van der Waals surface area contributed by atoms with Crippen molar-refractivity contribution in [3.8, 4) is 0 Å². The molecule has 1 aliphatic heterocycles. The van der Waals surface area contributed by atoms with Gasteiger partial charge in [0.25, 0.3) is 5.91 Å². The zero-order valence-corrected chi connectivity index (χ0v) is 18.7. The predicted molar refractivity (Wildman–Crippen MR) is 109 cm³/mol. The molecule has 9 heteroatoms. The Kier molecular flexibility index (Phi) is 6.41. The maximum Gasteiger partial charge on any atom is 0.416 e. The van der Waals surface area contributed by atoms with Gasteiger partial charge < -0.3 is 9.30 Å². The molecule has 4 nitrogen and oxygen atoms in total. The molecular weight excluding hydrogens is 469 g/mol. The highest BCUT2D eigenvalue weighted by Gasteiger charge is 2.31. The number of halogens is 4. The summed E-state index contributed by atoms with van der Waals surface area (Å²) in [5, 5.41) is 0. The largest absolute Gasteiger partial charge is 0.416 e. The zero-order chi connectivity index (χ0) is 21.4. The predicted octanol–water partition coefficient (Wildman–Crippen LogP) is 5.55. The summed E-state index contributed by atoms with van der Waals surface area (Å²) in [6, 6.07) is 2.99. The van der Waals surface area contributed by atoms with E-state index < -0.39 is 17.6 Å². The average Bonchev–Trinajstić information content (AvgIpc) is 3.24. The van der Waals surface area contributed by atoms with Gasteiger partial charge in [0.1, 0.15) is 0 Å². The molecule has 0 unspecified atom stereocenters. The lowest BCUT2D eigenvalue weighted by Gasteiger charge is -2.15. The van der Waals surface area contributed by atoms with Gasteiger partial charge in [-0.05, 0) is 52.4 Å². The Morgan fingerprint density at radius 3 is 2.66 bits per heavy atom. The van der Waals surface area contributed by atoms with Gasteiger partial charge in [-0.15, -0.1) is 11.3 Å². The molecule has 2 aromatic rings. The van der Waals surface area contributed by atoms with Crippen molar-refractivity contribution in [2.45, 2.75) is 57.9 Å². The maximum atomic E-state index is 13.0. The Bertz CT molecular complexity index is 967. The van der Waals surface area contributed by atoms with Crippen LogP contribution in [0.25, 0.3) is 0 Å². The van der Waals surface area contributed by atoms with Gasteiger partial charge in [0.2, 0.25) is 0 Å². The lowest BCUT2D eigenvalue weighted by Crippen LogP contribution is -2.23. The van der Waals surface area contributed by atoms with E-state index in [0.29, 0.717) is 18.0 Å². The number of ether oxygens (including phenoxy) is 1. The molecular formula is C20H22BrF3N2O2S. The van der Waals surface area contributed by atoms with Crippen LogP contribution >= 0.6 is 27.3 Å². The van der Waals surface area contributed by atoms with Crippen LogP contribution in [0.4, 0.5) is 13.2 Å². The van der Waals surface area contributed by atoms with E-state index in [2.05, 4.69) is 41.7 Å². The first-order valence-corrected chi connectivity index (χ1v) is 10.8. The van der Waals surface area contributed by atoms with Gasteiger partial charge in [0, 0.05) is 22.2 Å². The van der Waals surface area contributed by atoms with Crippen molar-refractivity contribution in [2.24, 2.45) is 4.99 Å². The van der Waals surface area contributed by atoms with Crippen LogP contribution in [-0.2, 0) is 22.9 Å². The molecule has 1 aromatic heterocycles. The molecule has 0 N–H and O–H groups in total. The fourth-order valence-electron chi connectivity index (χ4n) is 2.96. The monoisotopic (exact) mass is 490 g/mol. The van der Waals surface area contributed by atoms with Crippen molar-refractivity contribution >= 4 is 33.2 Å². The van der Waals surface area contributed by atoms with Crippen molar-refractivity contribution in [3.05, 3.63) is 49.7 Å². The number of rotatable bonds is 3. The van der Waals surface area contributed by atoms with Crippen molar-refractivity contribution in [1.29, 1.82) is 0 Å². The number of aromatic nitrogens is 1. The van der Waals surface area contributed by atoms with E-state index in [1.165, 1.54) is 17.4 Å². The first-order chi connectivity index (χ1) is 13.4. The third kappa shape index (κ3) is 5.38. The first-order valence-electron chi connectivity index (χ1n) is 9.23. The molecule has 2 heterocycles. The van der Waals surface area contributed by atoms with Gasteiger partial charge in [-0.3, -0.25) is 4.79 Å². The third-order valence-electron chi connectivity index (χ3n) is 4.60. The minimum absolute atomic E-state index is 0.0479. The average molecular weight is 491 g/mol. The van der Waals surface area contributed by atoms with Gasteiger partial charge in [-0.1, -0.05) is 20.8 Å². The van der Waals surface area contributed by atoms with E-state index in [4.69, 9.17) is 4.74 Å². The maximum absolute atomic E-state index is 13.0. The fourth-order valence-corrected chi connectivity index (χ4v) is 4.44. The number of carbonyl (C=O) groups is 1. The van der Waals surface area contributed by atoms with E-state index >= 15 is 0 Å². The lowest BCUT2D eigenvalue weighted by atomic mass is 9.95. The Morgan fingerprint density at radius 2 is 2.07 bits per heavy atom. The Balaban J connectivity index is 2.02. The second kappa shape index (κ2) is 8.35. The van der Waals surface area contributed by atoms with Crippen LogP contribution in [0.3, 0.4) is 0 Å². The number of hydrogen-bond donors (Lipinski definition) is 0. The second-order valence-corrected chi connectivity index (χ2v) is 9.89. The summed E-state index contributed by atoms with van der Waals surface area (Å²) in [6.07, 6.45) is -0.603. The normalized spacial score (nSPS) is 18.4. The smallest absolute Gasteiger partial charge is 0.376 e. The molecule has 29 heavy (non-hydrogen) atoms. The van der Waals surface area contributed by atoms with Crippen LogP contribution in [0.1, 0.15) is 54.4 Å². The van der Waals surface area contributed by atoms with Crippen molar-refractivity contribution in [1.82, 2.24) is 4.57 Å². The van der Waals surface area contributed by atoms with E-state index in [0.717, 1.165) is 29.9 Å². The highest BCUT2D eigenvalue weighted by atomic mass is 79.9. The standard InChI is InChI=1S/C20H22BrF3N2O2S/c1-19(2,3)16-11-26(10-13-5-4-8-28-13)18(29-16)25-17(27)14-9-12(20(22,23)24)6-7-15(14)21/h6-7,9,11,13H,4-5,8,10H2,1-3H3/t13-/m1/s1. The quantitative estimate of drug-likeness (QED) is 0.566. The fraction of sp³-hybridized carbons (Fsp3) is 0.500. The van der Waals surface area contributed by atoms with Crippen LogP contribution in [0.2, 0.25) is 0 Å². The zero-order valence-electron chi connectivity index (χ0n) is 16.3. The Labute approximate surface area is 179 Å². The van der Waals surface area contributed by atoms with Gasteiger partial charge in [-0.25, -0.2) is 0 Å². The van der Waals surface area contributed by atoms with Gasteiger partial charge >= 0.3 is 6.18 Å². The topological polar surface area (TPSA) is 43.6 Å². The van der Waals surface area contributed by atoms with Crippen LogP contribution in [0.5, 0.6) is 0 Å². The molecule has 0 bridgehead atoms. The first kappa shape index (κ1) is 22.2. The van der Waals surface area contributed by atoms with Gasteiger partial charge in [-0.2, -0.15) is 18.2 Å². The molecule has 0 saturated carbocycles. The number of thiazole rings is 1. The van der Waals surface area contributed by atoms with Crippen molar-refractivity contribution in [2.75, 3.05) is 6.61 Å². The molecule has 158 valence electrons. The Morgan fingerprint density at radius 1 is 1.34 bits per heavy atom. The summed E-state index contributed by atoms with van der Waals surface area (Å²) >= 11 is 4.54. The minimum Gasteiger partial charge on any atom is -0.376 e. The van der Waals surface area contributed by atoms with Gasteiger partial charge in [0.15, 0.2) is 4.80 Å². The molecule has 3 rings (SSSR count). The highest BCUT2D eigenvalue weighted by Crippen LogP contribution is 2.32. The van der Waals surface area contributed by atoms with Crippen LogP contribution in [-0.4, -0.2) is 23.2 Å². The molecule has 1 aliphatic rings. The molecule has 1 fully saturated rings. The second-order valence-electron chi connectivity index (χ2n) is 8.02. The van der Waals surface area contributed by atoms with Crippen molar-refractivity contribution < 1.29 is 22.7 Å². The number of carbonyl (C=O) groups excluding carboxylic acids is 1. The summed E-state index contributed by atoms with van der Waals surface area (Å²) in [7, 11) is 0. The van der Waals surface area contributed by atoms with Crippen LogP contribution < -0.4 is 4.80 Å². The number of alkyl halides is 3. The summed E-state index contributed by atoms with van der Waals surface area (Å²) < 4.78 is 47.0. The SMILES string of the molecule is CC(C)(C)c1cn(C[C@H]2CCCO2)c(=NC(=O)c2cc(C(F)(F)F)ccc2Br)s1. The molecule has 0 aliphatic carbocycles. The van der Waals surface area contributed by atoms with Gasteiger partial charge in [0.05, 0.1) is 23.8 Å². The number of amides is 1. The lowest BCUT2D eigenvalue weighted by molar-refractivity contribution is -0.137. The molecule has 1 amide bonds.